The van der Waals surface area contributed by atoms with Crippen molar-refractivity contribution in [1.29, 1.82) is 0 Å². The molecule has 1 aromatic rings. The van der Waals surface area contributed by atoms with Crippen LogP contribution >= 0.6 is 0 Å². The molecule has 0 aliphatic heterocycles. The molecule has 0 atom stereocenters. The molecule has 0 saturated carbocycles. The minimum Gasteiger partial charge on any atom is -0.299 e. The van der Waals surface area contributed by atoms with Gasteiger partial charge in [-0.15, -0.1) is 0 Å². The highest BCUT2D eigenvalue weighted by Crippen LogP contribution is 2.43. The van der Waals surface area contributed by atoms with Crippen LogP contribution in [0.2, 0.25) is 0 Å². The number of allylic oxidation sites excluding steroid dienone is 1. The predicted octanol–water partition coefficient (Wildman–Crippen LogP) is 3.55. The molecule has 0 amide bonds. The number of carbonyl (C=O) groups excluding carboxylic acids is 1. The van der Waals surface area contributed by atoms with Crippen molar-refractivity contribution in [3.63, 3.8) is 0 Å². The summed E-state index contributed by atoms with van der Waals surface area (Å²) in [6, 6.07) is 3.76. The fourth-order valence-corrected chi connectivity index (χ4v) is 1.15. The van der Waals surface area contributed by atoms with Crippen molar-refractivity contribution in [2.24, 2.45) is 0 Å². The summed E-state index contributed by atoms with van der Waals surface area (Å²) in [7, 11) is 0. The van der Waals surface area contributed by atoms with Gasteiger partial charge in [-0.05, 0) is 17.7 Å². The lowest BCUT2D eigenvalue weighted by Gasteiger charge is -2.20. The number of halogens is 5. The summed E-state index contributed by atoms with van der Waals surface area (Å²) in [5.74, 6) is -4.90. The number of carbonyl (C=O) groups is 1. The van der Waals surface area contributed by atoms with Crippen LogP contribution in [0.5, 0.6) is 0 Å². The Kier molecular flexibility index (Phi) is 3.65. The average Bonchev–Trinajstić information content (AvgIpc) is 2.25. The Labute approximate surface area is 93.6 Å². The second-order valence-electron chi connectivity index (χ2n) is 3.19. The number of aldehydes is 1. The van der Waals surface area contributed by atoms with Crippen LogP contribution in [0.1, 0.15) is 11.1 Å². The molecule has 6 heteroatoms. The Bertz CT molecular complexity index is 434. The number of hydrogen-bond acceptors (Lipinski definition) is 1. The van der Waals surface area contributed by atoms with Crippen LogP contribution in [-0.4, -0.2) is 12.5 Å². The van der Waals surface area contributed by atoms with Crippen LogP contribution in [0.25, 0.3) is 6.08 Å². The molecule has 0 fully saturated rings. The number of alkyl halides is 5. The lowest BCUT2D eigenvalue weighted by atomic mass is 10.0. The van der Waals surface area contributed by atoms with Crippen LogP contribution in [0.3, 0.4) is 0 Å². The molecule has 92 valence electrons. The van der Waals surface area contributed by atoms with E-state index in [0.717, 1.165) is 18.2 Å². The minimum atomic E-state index is -5.64. The normalized spacial score (nSPS) is 13.0. The predicted molar refractivity (Wildman–Crippen MR) is 51.5 cm³/mol. The van der Waals surface area contributed by atoms with Gasteiger partial charge in [0, 0.05) is 5.56 Å². The summed E-state index contributed by atoms with van der Waals surface area (Å²) < 4.78 is 62.1. The van der Waals surface area contributed by atoms with Crippen LogP contribution in [-0.2, 0) is 10.7 Å². The van der Waals surface area contributed by atoms with E-state index in [1.807, 2.05) is 0 Å². The third-order valence-corrected chi connectivity index (χ3v) is 1.97. The monoisotopic (exact) mass is 250 g/mol. The van der Waals surface area contributed by atoms with Crippen molar-refractivity contribution in [2.45, 2.75) is 12.1 Å². The summed E-state index contributed by atoms with van der Waals surface area (Å²) in [5.41, 5.74) is -1.06. The van der Waals surface area contributed by atoms with E-state index in [0.29, 0.717) is 18.4 Å². The van der Waals surface area contributed by atoms with Gasteiger partial charge in [0.25, 0.3) is 0 Å². The maximum atomic E-state index is 12.9. The first-order valence-electron chi connectivity index (χ1n) is 4.46. The summed E-state index contributed by atoms with van der Waals surface area (Å²) in [6.45, 7) is 0. The minimum absolute atomic E-state index is 0.0959. The van der Waals surface area contributed by atoms with Gasteiger partial charge in [-0.2, -0.15) is 22.0 Å². The SMILES string of the molecule is O=C/C=C/c1cccc(C(F)(F)C(F)(F)F)c1. The van der Waals surface area contributed by atoms with Crippen LogP contribution < -0.4 is 0 Å². The number of hydrogen-bond donors (Lipinski definition) is 0. The Morgan fingerprint density at radius 2 is 1.71 bits per heavy atom. The standard InChI is InChI=1S/C11H7F5O/c12-10(13,11(14,15)16)9-5-1-3-8(7-9)4-2-6-17/h1-7H/b4-2+. The van der Waals surface area contributed by atoms with Gasteiger partial charge in [0.15, 0.2) is 0 Å². The van der Waals surface area contributed by atoms with E-state index in [1.54, 1.807) is 0 Å². The van der Waals surface area contributed by atoms with E-state index in [9.17, 15) is 26.7 Å². The first-order valence-corrected chi connectivity index (χ1v) is 4.46. The van der Waals surface area contributed by atoms with E-state index >= 15 is 0 Å². The number of rotatable bonds is 3. The second kappa shape index (κ2) is 4.65. The van der Waals surface area contributed by atoms with E-state index in [1.165, 1.54) is 6.07 Å². The van der Waals surface area contributed by atoms with E-state index in [2.05, 4.69) is 0 Å². The fourth-order valence-electron chi connectivity index (χ4n) is 1.15. The Balaban J connectivity index is 3.15. The quantitative estimate of drug-likeness (QED) is 0.455. The third-order valence-electron chi connectivity index (χ3n) is 1.97. The van der Waals surface area contributed by atoms with Gasteiger partial charge in [-0.25, -0.2) is 0 Å². The molecule has 1 rings (SSSR count). The topological polar surface area (TPSA) is 17.1 Å². The van der Waals surface area contributed by atoms with Gasteiger partial charge in [0.1, 0.15) is 6.29 Å². The van der Waals surface area contributed by atoms with Crippen molar-refractivity contribution < 1.29 is 26.7 Å². The van der Waals surface area contributed by atoms with Crippen molar-refractivity contribution in [2.75, 3.05) is 0 Å². The largest absolute Gasteiger partial charge is 0.458 e. The lowest BCUT2D eigenvalue weighted by Crippen LogP contribution is -2.33. The molecule has 0 spiro atoms. The van der Waals surface area contributed by atoms with E-state index < -0.39 is 17.7 Å². The molecule has 0 N–H and O–H groups in total. The van der Waals surface area contributed by atoms with Crippen LogP contribution in [0.4, 0.5) is 22.0 Å². The molecule has 0 heterocycles. The van der Waals surface area contributed by atoms with E-state index in [4.69, 9.17) is 0 Å². The molecule has 0 unspecified atom stereocenters. The Morgan fingerprint density at radius 1 is 1.06 bits per heavy atom. The molecule has 1 aromatic carbocycles. The molecular weight excluding hydrogens is 243 g/mol. The van der Waals surface area contributed by atoms with Crippen molar-refractivity contribution >= 4 is 12.4 Å². The zero-order valence-electron chi connectivity index (χ0n) is 8.34. The van der Waals surface area contributed by atoms with Gasteiger partial charge in [-0.3, -0.25) is 4.79 Å². The van der Waals surface area contributed by atoms with Gasteiger partial charge in [-0.1, -0.05) is 24.3 Å². The molecule has 0 radical (unpaired) electrons. The molecule has 0 aliphatic carbocycles. The molecule has 17 heavy (non-hydrogen) atoms. The highest BCUT2D eigenvalue weighted by Gasteiger charge is 2.58. The summed E-state index contributed by atoms with van der Waals surface area (Å²) in [6.07, 6.45) is -3.09. The molecule has 1 nitrogen and oxygen atoms in total. The maximum Gasteiger partial charge on any atom is 0.458 e. The first-order chi connectivity index (χ1) is 7.79. The highest BCUT2D eigenvalue weighted by molar-refractivity contribution is 5.73. The van der Waals surface area contributed by atoms with Crippen molar-refractivity contribution in [3.05, 3.63) is 41.5 Å². The zero-order valence-corrected chi connectivity index (χ0v) is 8.34. The Morgan fingerprint density at radius 3 is 2.24 bits per heavy atom. The summed E-state index contributed by atoms with van der Waals surface area (Å²) in [4.78, 5) is 10.0. The second-order valence-corrected chi connectivity index (χ2v) is 3.19. The van der Waals surface area contributed by atoms with Gasteiger partial charge in [0.05, 0.1) is 0 Å². The van der Waals surface area contributed by atoms with E-state index in [-0.39, 0.29) is 5.56 Å². The first kappa shape index (κ1) is 13.3. The maximum absolute atomic E-state index is 12.9. The zero-order chi connectivity index (χ0) is 13.1. The molecule has 0 aliphatic rings. The molecular formula is C11H7F5O. The third kappa shape index (κ3) is 2.89. The Hall–Kier alpha value is -1.72. The highest BCUT2D eigenvalue weighted by atomic mass is 19.4. The van der Waals surface area contributed by atoms with Crippen LogP contribution in [0.15, 0.2) is 30.3 Å². The molecule has 0 aromatic heterocycles. The van der Waals surface area contributed by atoms with Gasteiger partial charge in [0.2, 0.25) is 0 Å². The van der Waals surface area contributed by atoms with Gasteiger partial charge >= 0.3 is 12.1 Å². The van der Waals surface area contributed by atoms with Crippen molar-refractivity contribution in [3.8, 4) is 0 Å². The van der Waals surface area contributed by atoms with Crippen LogP contribution in [0, 0.1) is 0 Å². The molecule has 0 saturated heterocycles. The van der Waals surface area contributed by atoms with Gasteiger partial charge < -0.3 is 0 Å². The molecule has 0 bridgehead atoms. The fraction of sp³-hybridized carbons (Fsp3) is 0.182. The smallest absolute Gasteiger partial charge is 0.299 e. The number of benzene rings is 1. The summed E-state index contributed by atoms with van der Waals surface area (Å²) >= 11 is 0. The van der Waals surface area contributed by atoms with Crippen molar-refractivity contribution in [1.82, 2.24) is 0 Å². The average molecular weight is 250 g/mol. The lowest BCUT2D eigenvalue weighted by molar-refractivity contribution is -0.289. The summed E-state index contributed by atoms with van der Waals surface area (Å²) in [5, 5.41) is 0.